The third-order valence-electron chi connectivity index (χ3n) is 2.29. The van der Waals surface area contributed by atoms with Crippen molar-refractivity contribution in [3.05, 3.63) is 22.2 Å². The molecule has 0 radical (unpaired) electrons. The minimum atomic E-state index is -0.506. The van der Waals surface area contributed by atoms with Crippen LogP contribution in [0, 0.1) is 12.9 Å². The van der Waals surface area contributed by atoms with Crippen LogP contribution in [0.3, 0.4) is 0 Å². The predicted molar refractivity (Wildman–Crippen MR) is 67.7 cm³/mol. The smallest absolute Gasteiger partial charge is 0.227 e. The minimum Gasteiger partial charge on any atom is -0.363 e. The van der Waals surface area contributed by atoms with Gasteiger partial charge in [-0.1, -0.05) is 0 Å². The van der Waals surface area contributed by atoms with Crippen LogP contribution in [0.4, 0.5) is 10.1 Å². The number of aliphatic imine (C=N–C) groups is 1. The molecule has 1 aromatic rings. The summed E-state index contributed by atoms with van der Waals surface area (Å²) in [6, 6.07) is 2.00. The van der Waals surface area contributed by atoms with Crippen LogP contribution in [0.25, 0.3) is 0 Å². The van der Waals surface area contributed by atoms with Crippen LogP contribution in [0.1, 0.15) is 19.5 Å². The van der Waals surface area contributed by atoms with Gasteiger partial charge in [0.15, 0.2) is 0 Å². The maximum atomic E-state index is 13.1. The second-order valence-electron chi connectivity index (χ2n) is 3.87. The second-order valence-corrected chi connectivity index (χ2v) is 4.72. The molecule has 0 N–H and O–H groups in total. The first-order chi connectivity index (χ1) is 7.41. The number of halogens is 2. The Hall–Kier alpha value is -0.970. The van der Waals surface area contributed by atoms with Gasteiger partial charge in [-0.05, 0) is 42.8 Å². The molecule has 0 aliphatic rings. The highest BCUT2D eigenvalue weighted by atomic mass is 79.9. The Kier molecular flexibility index (Phi) is 4.41. The van der Waals surface area contributed by atoms with E-state index in [0.717, 1.165) is 0 Å². The zero-order valence-electron chi connectivity index (χ0n) is 9.83. The maximum Gasteiger partial charge on any atom is 0.227 e. The Morgan fingerprint density at radius 1 is 1.56 bits per heavy atom. The van der Waals surface area contributed by atoms with Gasteiger partial charge in [-0.25, -0.2) is 9.98 Å². The Labute approximate surface area is 104 Å². The number of hydrogen-bond donors (Lipinski definition) is 0. The molecule has 0 aliphatic heterocycles. The summed E-state index contributed by atoms with van der Waals surface area (Å²) >= 11 is 3.09. The number of nitrogens with zero attached hydrogens (tertiary/aromatic N) is 3. The highest BCUT2D eigenvalue weighted by Crippen LogP contribution is 2.23. The van der Waals surface area contributed by atoms with E-state index in [1.165, 1.54) is 0 Å². The Morgan fingerprint density at radius 3 is 2.75 bits per heavy atom. The van der Waals surface area contributed by atoms with Gasteiger partial charge in [-0.3, -0.25) is 0 Å². The SMILES string of the molecule is Cc1nc(F)c(Br)cc1/N=C/N(C)C(C)C. The van der Waals surface area contributed by atoms with Crippen molar-refractivity contribution in [3.63, 3.8) is 0 Å². The number of aromatic nitrogens is 1. The van der Waals surface area contributed by atoms with E-state index < -0.39 is 5.95 Å². The number of rotatable bonds is 3. The molecule has 0 aliphatic carbocycles. The monoisotopic (exact) mass is 287 g/mol. The van der Waals surface area contributed by atoms with Gasteiger partial charge in [-0.2, -0.15) is 4.39 Å². The molecule has 0 saturated carbocycles. The summed E-state index contributed by atoms with van der Waals surface area (Å²) in [6.07, 6.45) is 1.72. The highest BCUT2D eigenvalue weighted by molar-refractivity contribution is 9.10. The summed E-state index contributed by atoms with van der Waals surface area (Å²) in [5, 5.41) is 0. The van der Waals surface area contributed by atoms with E-state index in [9.17, 15) is 4.39 Å². The van der Waals surface area contributed by atoms with E-state index in [0.29, 0.717) is 21.9 Å². The summed E-state index contributed by atoms with van der Waals surface area (Å²) in [4.78, 5) is 9.99. The quantitative estimate of drug-likeness (QED) is 0.485. The lowest BCUT2D eigenvalue weighted by atomic mass is 10.3. The van der Waals surface area contributed by atoms with Gasteiger partial charge in [0.1, 0.15) is 0 Å². The van der Waals surface area contributed by atoms with Crippen LogP contribution < -0.4 is 0 Å². The Bertz CT molecular complexity index is 404. The molecule has 16 heavy (non-hydrogen) atoms. The van der Waals surface area contributed by atoms with Gasteiger partial charge in [-0.15, -0.1) is 0 Å². The fourth-order valence-corrected chi connectivity index (χ4v) is 1.26. The van der Waals surface area contributed by atoms with E-state index in [4.69, 9.17) is 0 Å². The Morgan fingerprint density at radius 2 is 2.19 bits per heavy atom. The van der Waals surface area contributed by atoms with Crippen molar-refractivity contribution in [2.45, 2.75) is 26.8 Å². The molecule has 0 aromatic carbocycles. The molecular formula is C11H15BrFN3. The average Bonchev–Trinajstić information content (AvgIpc) is 2.20. The maximum absolute atomic E-state index is 13.1. The molecule has 3 nitrogen and oxygen atoms in total. The fourth-order valence-electron chi connectivity index (χ4n) is 0.959. The average molecular weight is 288 g/mol. The lowest BCUT2D eigenvalue weighted by Crippen LogP contribution is -2.24. The first-order valence-corrected chi connectivity index (χ1v) is 5.80. The number of hydrogen-bond acceptors (Lipinski definition) is 2. The molecule has 1 heterocycles. The van der Waals surface area contributed by atoms with Gasteiger partial charge < -0.3 is 4.90 Å². The molecule has 0 saturated heterocycles. The zero-order valence-corrected chi connectivity index (χ0v) is 11.4. The van der Waals surface area contributed by atoms with Gasteiger partial charge in [0.05, 0.1) is 22.2 Å². The number of aryl methyl sites for hydroxylation is 1. The lowest BCUT2D eigenvalue weighted by molar-refractivity contribution is 0.429. The van der Waals surface area contributed by atoms with E-state index in [2.05, 4.69) is 39.8 Å². The first-order valence-electron chi connectivity index (χ1n) is 5.00. The predicted octanol–water partition coefficient (Wildman–Crippen LogP) is 3.29. The molecular weight excluding hydrogens is 273 g/mol. The molecule has 0 unspecified atom stereocenters. The third kappa shape index (κ3) is 3.27. The van der Waals surface area contributed by atoms with Gasteiger partial charge >= 0.3 is 0 Å². The molecule has 0 bridgehead atoms. The second kappa shape index (κ2) is 5.39. The molecule has 0 amide bonds. The van der Waals surface area contributed by atoms with E-state index in [1.807, 2.05) is 11.9 Å². The van der Waals surface area contributed by atoms with Crippen LogP contribution in [-0.2, 0) is 0 Å². The Balaban J connectivity index is 2.93. The molecule has 88 valence electrons. The standard InChI is InChI=1S/C11H15BrFN3/c1-7(2)16(4)6-14-10-5-9(12)11(13)15-8(10)3/h5-7H,1-4H3/b14-6+. The summed E-state index contributed by atoms with van der Waals surface area (Å²) in [5.41, 5.74) is 1.25. The van der Waals surface area contributed by atoms with Crippen molar-refractivity contribution in [1.82, 2.24) is 9.88 Å². The van der Waals surface area contributed by atoms with Crippen molar-refractivity contribution < 1.29 is 4.39 Å². The molecule has 0 fully saturated rings. The van der Waals surface area contributed by atoms with Crippen molar-refractivity contribution >= 4 is 28.0 Å². The third-order valence-corrected chi connectivity index (χ3v) is 2.85. The molecule has 0 spiro atoms. The molecule has 0 atom stereocenters. The minimum absolute atomic E-state index is 0.331. The summed E-state index contributed by atoms with van der Waals surface area (Å²) in [5.74, 6) is -0.506. The van der Waals surface area contributed by atoms with Gasteiger partial charge in [0.25, 0.3) is 0 Å². The largest absolute Gasteiger partial charge is 0.363 e. The van der Waals surface area contributed by atoms with E-state index in [1.54, 1.807) is 19.3 Å². The summed E-state index contributed by atoms with van der Waals surface area (Å²) < 4.78 is 13.4. The normalized spacial score (nSPS) is 11.4. The van der Waals surface area contributed by atoms with Crippen molar-refractivity contribution in [1.29, 1.82) is 0 Å². The highest BCUT2D eigenvalue weighted by Gasteiger charge is 2.06. The van der Waals surface area contributed by atoms with Crippen molar-refractivity contribution in [3.8, 4) is 0 Å². The van der Waals surface area contributed by atoms with Crippen LogP contribution in [-0.4, -0.2) is 29.3 Å². The van der Waals surface area contributed by atoms with Gasteiger partial charge in [0, 0.05) is 13.1 Å². The van der Waals surface area contributed by atoms with Gasteiger partial charge in [0.2, 0.25) is 5.95 Å². The molecule has 1 rings (SSSR count). The topological polar surface area (TPSA) is 28.5 Å². The van der Waals surface area contributed by atoms with Crippen LogP contribution >= 0.6 is 15.9 Å². The van der Waals surface area contributed by atoms with Crippen LogP contribution in [0.2, 0.25) is 0 Å². The van der Waals surface area contributed by atoms with E-state index in [-0.39, 0.29) is 0 Å². The molecule has 1 aromatic heterocycles. The summed E-state index contributed by atoms with van der Waals surface area (Å²) in [6.45, 7) is 5.87. The number of pyridine rings is 1. The molecule has 5 heteroatoms. The van der Waals surface area contributed by atoms with Crippen molar-refractivity contribution in [2.24, 2.45) is 4.99 Å². The fraction of sp³-hybridized carbons (Fsp3) is 0.455. The summed E-state index contributed by atoms with van der Waals surface area (Å²) in [7, 11) is 1.94. The first kappa shape index (κ1) is 13.1. The lowest BCUT2D eigenvalue weighted by Gasteiger charge is -2.17. The van der Waals surface area contributed by atoms with Crippen LogP contribution in [0.15, 0.2) is 15.5 Å². The van der Waals surface area contributed by atoms with E-state index >= 15 is 0 Å². The van der Waals surface area contributed by atoms with Crippen LogP contribution in [0.5, 0.6) is 0 Å². The zero-order chi connectivity index (χ0) is 12.3. The van der Waals surface area contributed by atoms with Crippen molar-refractivity contribution in [2.75, 3.05) is 7.05 Å².